The van der Waals surface area contributed by atoms with Crippen LogP contribution < -0.4 is 10.3 Å². The number of rotatable bonds is 7. The van der Waals surface area contributed by atoms with E-state index in [9.17, 15) is 9.59 Å². The molecule has 0 aliphatic carbocycles. The summed E-state index contributed by atoms with van der Waals surface area (Å²) in [7, 11) is 0. The molecule has 8 heteroatoms. The molecule has 1 fully saturated rings. The second-order valence-electron chi connectivity index (χ2n) is 7.97. The summed E-state index contributed by atoms with van der Waals surface area (Å²) < 4.78 is 7.29. The number of para-hydroxylation sites is 2. The number of ether oxygens (including phenoxy) is 1. The van der Waals surface area contributed by atoms with Gasteiger partial charge in [0, 0.05) is 45.7 Å². The number of hydrogen-bond donors (Lipinski definition) is 0. The summed E-state index contributed by atoms with van der Waals surface area (Å²) >= 11 is 6.11. The summed E-state index contributed by atoms with van der Waals surface area (Å²) in [5, 5.41) is 1.20. The van der Waals surface area contributed by atoms with Crippen molar-refractivity contribution in [1.82, 2.24) is 19.4 Å². The molecule has 3 aromatic rings. The molecule has 2 heterocycles. The van der Waals surface area contributed by atoms with Crippen LogP contribution in [-0.2, 0) is 11.3 Å². The molecule has 2 aromatic carbocycles. The molecule has 4 rings (SSSR count). The van der Waals surface area contributed by atoms with E-state index >= 15 is 0 Å². The number of halogens is 1. The van der Waals surface area contributed by atoms with Crippen molar-refractivity contribution >= 4 is 28.4 Å². The predicted molar refractivity (Wildman–Crippen MR) is 125 cm³/mol. The van der Waals surface area contributed by atoms with Crippen molar-refractivity contribution in [2.24, 2.45) is 0 Å². The topological polar surface area (TPSA) is 67.7 Å². The summed E-state index contributed by atoms with van der Waals surface area (Å²) in [4.78, 5) is 33.9. The highest BCUT2D eigenvalue weighted by molar-refractivity contribution is 6.32. The van der Waals surface area contributed by atoms with E-state index in [-0.39, 0.29) is 17.9 Å². The first kappa shape index (κ1) is 22.3. The minimum absolute atomic E-state index is 0.0632. The molecule has 0 bridgehead atoms. The molecule has 0 unspecified atom stereocenters. The standard InChI is InChI=1S/C24H27ClN4O3/c1-18-5-4-6-19-23(18)26-17-29(24(19)31)10-9-22(30)28-13-11-27(12-14-28)15-16-32-21-8-3-2-7-20(21)25/h2-8,17H,9-16H2,1H3. The highest BCUT2D eigenvalue weighted by Crippen LogP contribution is 2.23. The molecule has 1 aromatic heterocycles. The van der Waals surface area contributed by atoms with Gasteiger partial charge in [0.15, 0.2) is 0 Å². The van der Waals surface area contributed by atoms with Crippen LogP contribution in [0, 0.1) is 6.92 Å². The fraction of sp³-hybridized carbons (Fsp3) is 0.375. The summed E-state index contributed by atoms with van der Waals surface area (Å²) in [6.07, 6.45) is 1.83. The summed E-state index contributed by atoms with van der Waals surface area (Å²) in [6, 6.07) is 13.0. The Bertz CT molecular complexity index is 1160. The Kier molecular flexibility index (Phi) is 7.07. The van der Waals surface area contributed by atoms with Crippen LogP contribution in [0.4, 0.5) is 0 Å². The summed E-state index contributed by atoms with van der Waals surface area (Å²) in [5.74, 6) is 0.754. The molecule has 1 saturated heterocycles. The molecular weight excluding hydrogens is 428 g/mol. The minimum atomic E-state index is -0.102. The van der Waals surface area contributed by atoms with Gasteiger partial charge in [-0.15, -0.1) is 0 Å². The van der Waals surface area contributed by atoms with Crippen LogP contribution in [0.2, 0.25) is 5.02 Å². The number of fused-ring (bicyclic) bond motifs is 1. The number of amides is 1. The SMILES string of the molecule is Cc1cccc2c(=O)n(CCC(=O)N3CCN(CCOc4ccccc4Cl)CC3)cnc12. The van der Waals surface area contributed by atoms with Gasteiger partial charge in [-0.05, 0) is 30.7 Å². The van der Waals surface area contributed by atoms with Crippen LogP contribution in [0.3, 0.4) is 0 Å². The van der Waals surface area contributed by atoms with Crippen molar-refractivity contribution in [3.8, 4) is 5.75 Å². The second kappa shape index (κ2) is 10.1. The van der Waals surface area contributed by atoms with E-state index in [1.54, 1.807) is 12.4 Å². The third kappa shape index (κ3) is 5.11. The fourth-order valence-electron chi connectivity index (χ4n) is 3.94. The lowest BCUT2D eigenvalue weighted by Crippen LogP contribution is -2.49. The lowest BCUT2D eigenvalue weighted by atomic mass is 10.1. The fourth-order valence-corrected chi connectivity index (χ4v) is 4.13. The maximum atomic E-state index is 12.7. The molecule has 168 valence electrons. The maximum Gasteiger partial charge on any atom is 0.261 e. The Balaban J connectivity index is 1.24. The zero-order valence-corrected chi connectivity index (χ0v) is 18.9. The minimum Gasteiger partial charge on any atom is -0.491 e. The van der Waals surface area contributed by atoms with Gasteiger partial charge in [-0.2, -0.15) is 0 Å². The molecule has 7 nitrogen and oxygen atoms in total. The second-order valence-corrected chi connectivity index (χ2v) is 8.37. The smallest absolute Gasteiger partial charge is 0.261 e. The van der Waals surface area contributed by atoms with Crippen LogP contribution in [0.15, 0.2) is 53.6 Å². The van der Waals surface area contributed by atoms with E-state index in [2.05, 4.69) is 9.88 Å². The van der Waals surface area contributed by atoms with Crippen LogP contribution >= 0.6 is 11.6 Å². The Labute approximate surface area is 192 Å². The van der Waals surface area contributed by atoms with Crippen LogP contribution in [0.25, 0.3) is 10.9 Å². The molecule has 1 aliphatic heterocycles. The normalized spacial score (nSPS) is 14.6. The monoisotopic (exact) mass is 454 g/mol. The van der Waals surface area contributed by atoms with E-state index in [1.807, 2.05) is 48.2 Å². The van der Waals surface area contributed by atoms with Gasteiger partial charge < -0.3 is 9.64 Å². The van der Waals surface area contributed by atoms with Gasteiger partial charge in [0.2, 0.25) is 5.91 Å². The van der Waals surface area contributed by atoms with Gasteiger partial charge in [-0.25, -0.2) is 4.98 Å². The molecule has 0 radical (unpaired) electrons. The quantitative estimate of drug-likeness (QED) is 0.549. The maximum absolute atomic E-state index is 12.7. The largest absolute Gasteiger partial charge is 0.491 e. The molecule has 0 N–H and O–H groups in total. The molecule has 0 spiro atoms. The highest BCUT2D eigenvalue weighted by atomic mass is 35.5. The zero-order chi connectivity index (χ0) is 22.5. The van der Waals surface area contributed by atoms with Crippen molar-refractivity contribution in [3.05, 3.63) is 69.7 Å². The highest BCUT2D eigenvalue weighted by Gasteiger charge is 2.21. The van der Waals surface area contributed by atoms with Gasteiger partial charge in [-0.3, -0.25) is 19.1 Å². The lowest BCUT2D eigenvalue weighted by molar-refractivity contribution is -0.133. The van der Waals surface area contributed by atoms with E-state index in [4.69, 9.17) is 16.3 Å². The molecular formula is C24H27ClN4O3. The first-order valence-electron chi connectivity index (χ1n) is 10.8. The van der Waals surface area contributed by atoms with Crippen LogP contribution in [0.1, 0.15) is 12.0 Å². The van der Waals surface area contributed by atoms with E-state index in [1.165, 1.54) is 4.57 Å². The zero-order valence-electron chi connectivity index (χ0n) is 18.2. The number of piperazine rings is 1. The van der Waals surface area contributed by atoms with Gasteiger partial charge >= 0.3 is 0 Å². The molecule has 32 heavy (non-hydrogen) atoms. The van der Waals surface area contributed by atoms with Gasteiger partial charge in [0.05, 0.1) is 22.3 Å². The molecule has 0 atom stereocenters. The Hall–Kier alpha value is -2.90. The summed E-state index contributed by atoms with van der Waals surface area (Å²) in [5.41, 5.74) is 1.59. The van der Waals surface area contributed by atoms with E-state index in [0.717, 1.165) is 30.7 Å². The number of carbonyl (C=O) groups excluding carboxylic acids is 1. The lowest BCUT2D eigenvalue weighted by Gasteiger charge is -2.34. The van der Waals surface area contributed by atoms with Gasteiger partial charge in [0.1, 0.15) is 12.4 Å². The number of nitrogens with zero attached hydrogens (tertiary/aromatic N) is 4. The predicted octanol–water partition coefficient (Wildman–Crippen LogP) is 2.97. The van der Waals surface area contributed by atoms with Crippen molar-refractivity contribution in [1.29, 1.82) is 0 Å². The Morgan fingerprint density at radius 3 is 2.62 bits per heavy atom. The van der Waals surface area contributed by atoms with Crippen LogP contribution in [0.5, 0.6) is 5.75 Å². The van der Waals surface area contributed by atoms with E-state index in [0.29, 0.717) is 42.4 Å². The van der Waals surface area contributed by atoms with Crippen molar-refractivity contribution < 1.29 is 9.53 Å². The Morgan fingerprint density at radius 1 is 1.06 bits per heavy atom. The average molecular weight is 455 g/mol. The molecule has 0 saturated carbocycles. The van der Waals surface area contributed by atoms with Crippen LogP contribution in [-0.4, -0.2) is 64.6 Å². The third-order valence-corrected chi connectivity index (χ3v) is 6.16. The average Bonchev–Trinajstić information content (AvgIpc) is 2.81. The van der Waals surface area contributed by atoms with Crippen molar-refractivity contribution in [2.45, 2.75) is 19.9 Å². The number of carbonyl (C=O) groups is 1. The van der Waals surface area contributed by atoms with Crippen molar-refractivity contribution in [3.63, 3.8) is 0 Å². The first-order valence-corrected chi connectivity index (χ1v) is 11.2. The molecule has 1 amide bonds. The number of aryl methyl sites for hydroxylation is 2. The number of hydrogen-bond acceptors (Lipinski definition) is 5. The third-order valence-electron chi connectivity index (χ3n) is 5.85. The Morgan fingerprint density at radius 2 is 1.84 bits per heavy atom. The number of benzene rings is 2. The summed E-state index contributed by atoms with van der Waals surface area (Å²) in [6.45, 7) is 6.55. The first-order chi connectivity index (χ1) is 15.5. The number of aromatic nitrogens is 2. The van der Waals surface area contributed by atoms with Gasteiger partial charge in [-0.1, -0.05) is 35.9 Å². The van der Waals surface area contributed by atoms with Gasteiger partial charge in [0.25, 0.3) is 5.56 Å². The van der Waals surface area contributed by atoms with Crippen molar-refractivity contribution in [2.75, 3.05) is 39.3 Å². The molecule has 1 aliphatic rings. The van der Waals surface area contributed by atoms with E-state index < -0.39 is 0 Å².